The molecule has 0 unspecified atom stereocenters. The zero-order valence-corrected chi connectivity index (χ0v) is 10.3. The summed E-state index contributed by atoms with van der Waals surface area (Å²) in [5, 5.41) is 5.04. The number of guanidine groups is 1. The highest BCUT2D eigenvalue weighted by molar-refractivity contribution is 9.10. The molecule has 1 aromatic rings. The van der Waals surface area contributed by atoms with E-state index in [4.69, 9.17) is 5.84 Å². The zero-order chi connectivity index (χ0) is 10.4. The van der Waals surface area contributed by atoms with Crippen molar-refractivity contribution in [3.05, 3.63) is 20.8 Å². The second-order valence-electron chi connectivity index (χ2n) is 2.53. The molecule has 0 radical (unpaired) electrons. The third-order valence-electron chi connectivity index (χ3n) is 1.55. The van der Waals surface area contributed by atoms with E-state index in [9.17, 15) is 0 Å². The van der Waals surface area contributed by atoms with Gasteiger partial charge in [-0.1, -0.05) is 0 Å². The van der Waals surface area contributed by atoms with E-state index in [0.717, 1.165) is 11.0 Å². The van der Waals surface area contributed by atoms with Gasteiger partial charge in [-0.25, -0.2) is 10.8 Å². The van der Waals surface area contributed by atoms with Gasteiger partial charge in [-0.15, -0.1) is 11.3 Å². The fourth-order valence-corrected chi connectivity index (χ4v) is 2.31. The number of aliphatic imine (C=N–C) groups is 1. The third kappa shape index (κ3) is 3.28. The first-order valence-corrected chi connectivity index (χ1v) is 5.92. The summed E-state index contributed by atoms with van der Waals surface area (Å²) in [6.07, 6.45) is 0. The average Bonchev–Trinajstić information content (AvgIpc) is 2.59. The van der Waals surface area contributed by atoms with E-state index in [2.05, 4.69) is 31.7 Å². The number of rotatable bonds is 3. The van der Waals surface area contributed by atoms with Crippen molar-refractivity contribution < 1.29 is 0 Å². The number of halogens is 1. The van der Waals surface area contributed by atoms with Crippen molar-refractivity contribution in [1.82, 2.24) is 10.7 Å². The van der Waals surface area contributed by atoms with Crippen molar-refractivity contribution in [2.45, 2.75) is 13.5 Å². The Balaban J connectivity index is 2.56. The predicted molar refractivity (Wildman–Crippen MR) is 64.2 cm³/mol. The molecule has 0 spiro atoms. The van der Waals surface area contributed by atoms with Gasteiger partial charge in [0.2, 0.25) is 5.96 Å². The Morgan fingerprint density at radius 3 is 3.00 bits per heavy atom. The molecule has 6 heteroatoms. The normalized spacial score (nSPS) is 11.5. The molecule has 0 saturated heterocycles. The van der Waals surface area contributed by atoms with Crippen LogP contribution in [0.15, 0.2) is 20.9 Å². The molecule has 1 aromatic heterocycles. The lowest BCUT2D eigenvalue weighted by Crippen LogP contribution is -2.41. The van der Waals surface area contributed by atoms with Crippen molar-refractivity contribution in [1.29, 1.82) is 0 Å². The molecule has 0 aliphatic carbocycles. The highest BCUT2D eigenvalue weighted by Gasteiger charge is 2.00. The summed E-state index contributed by atoms with van der Waals surface area (Å²) in [7, 11) is 0. The Kier molecular flexibility index (Phi) is 4.92. The summed E-state index contributed by atoms with van der Waals surface area (Å²) in [5.41, 5.74) is 2.51. The maximum absolute atomic E-state index is 5.28. The molecule has 1 rings (SSSR count). The Morgan fingerprint density at radius 2 is 2.50 bits per heavy atom. The maximum Gasteiger partial charge on any atom is 0.206 e. The Labute approximate surface area is 95.7 Å². The average molecular weight is 277 g/mol. The summed E-state index contributed by atoms with van der Waals surface area (Å²) in [6.45, 7) is 3.42. The van der Waals surface area contributed by atoms with Gasteiger partial charge in [0.25, 0.3) is 0 Å². The van der Waals surface area contributed by atoms with Crippen LogP contribution in [0.5, 0.6) is 0 Å². The number of nitrogens with zero attached hydrogens (tertiary/aromatic N) is 1. The zero-order valence-electron chi connectivity index (χ0n) is 7.88. The lowest BCUT2D eigenvalue weighted by Gasteiger charge is -2.05. The van der Waals surface area contributed by atoms with Crippen LogP contribution in [0.25, 0.3) is 0 Å². The quantitative estimate of drug-likeness (QED) is 0.339. The molecule has 0 aromatic carbocycles. The molecule has 4 nitrogen and oxygen atoms in total. The molecule has 0 bridgehead atoms. The first-order valence-electron chi connectivity index (χ1n) is 4.24. The molecular weight excluding hydrogens is 264 g/mol. The molecular formula is C8H13BrN4S. The summed E-state index contributed by atoms with van der Waals surface area (Å²) in [5.74, 6) is 5.90. The Hall–Kier alpha value is -0.590. The van der Waals surface area contributed by atoms with Crippen LogP contribution in [0.4, 0.5) is 0 Å². The van der Waals surface area contributed by atoms with E-state index in [0.29, 0.717) is 12.5 Å². The first-order chi connectivity index (χ1) is 6.77. The number of hydrogen-bond donors (Lipinski definition) is 3. The van der Waals surface area contributed by atoms with Gasteiger partial charge in [-0.2, -0.15) is 0 Å². The topological polar surface area (TPSA) is 62.4 Å². The van der Waals surface area contributed by atoms with Crippen molar-refractivity contribution in [3.63, 3.8) is 0 Å². The lowest BCUT2D eigenvalue weighted by atomic mass is 10.5. The monoisotopic (exact) mass is 276 g/mol. The minimum Gasteiger partial charge on any atom is -0.356 e. The van der Waals surface area contributed by atoms with E-state index in [1.54, 1.807) is 11.3 Å². The smallest absolute Gasteiger partial charge is 0.206 e. The molecule has 0 atom stereocenters. The van der Waals surface area contributed by atoms with E-state index in [-0.39, 0.29) is 0 Å². The molecule has 0 aliphatic rings. The molecule has 14 heavy (non-hydrogen) atoms. The van der Waals surface area contributed by atoms with Crippen LogP contribution in [0.1, 0.15) is 11.8 Å². The van der Waals surface area contributed by atoms with Gasteiger partial charge in [0, 0.05) is 15.9 Å². The van der Waals surface area contributed by atoms with E-state index >= 15 is 0 Å². The van der Waals surface area contributed by atoms with E-state index in [1.807, 2.05) is 18.4 Å². The fourth-order valence-electron chi connectivity index (χ4n) is 0.909. The third-order valence-corrected chi connectivity index (χ3v) is 3.46. The minimum atomic E-state index is 0.618. The van der Waals surface area contributed by atoms with Gasteiger partial charge in [-0.05, 0) is 34.3 Å². The lowest BCUT2D eigenvalue weighted by molar-refractivity contribution is 0.854. The van der Waals surface area contributed by atoms with Crippen LogP contribution in [0.2, 0.25) is 0 Å². The van der Waals surface area contributed by atoms with Crippen LogP contribution < -0.4 is 16.6 Å². The van der Waals surface area contributed by atoms with Gasteiger partial charge in [-0.3, -0.25) is 5.43 Å². The molecule has 78 valence electrons. The fraction of sp³-hybridized carbons (Fsp3) is 0.375. The second-order valence-corrected chi connectivity index (χ2v) is 4.39. The summed E-state index contributed by atoms with van der Waals surface area (Å²) in [4.78, 5) is 5.48. The number of thiophene rings is 1. The van der Waals surface area contributed by atoms with Gasteiger partial charge in [0.05, 0.1) is 6.54 Å². The largest absolute Gasteiger partial charge is 0.356 e. The SMILES string of the molecule is CCNC(=NCc1sccc1Br)NN. The first kappa shape index (κ1) is 11.5. The molecule has 1 heterocycles. The van der Waals surface area contributed by atoms with Crippen LogP contribution in [-0.2, 0) is 6.54 Å². The highest BCUT2D eigenvalue weighted by atomic mass is 79.9. The van der Waals surface area contributed by atoms with Gasteiger partial charge in [0.15, 0.2) is 0 Å². The van der Waals surface area contributed by atoms with Crippen LogP contribution >= 0.6 is 27.3 Å². The van der Waals surface area contributed by atoms with Gasteiger partial charge in [0.1, 0.15) is 0 Å². The molecule has 0 saturated carbocycles. The van der Waals surface area contributed by atoms with Gasteiger partial charge >= 0.3 is 0 Å². The molecule has 0 amide bonds. The van der Waals surface area contributed by atoms with Crippen molar-refractivity contribution in [2.75, 3.05) is 6.54 Å². The molecule has 4 N–H and O–H groups in total. The predicted octanol–water partition coefficient (Wildman–Crippen LogP) is 1.44. The van der Waals surface area contributed by atoms with Crippen LogP contribution in [0.3, 0.4) is 0 Å². The molecule has 0 fully saturated rings. The Morgan fingerprint density at radius 1 is 1.71 bits per heavy atom. The van der Waals surface area contributed by atoms with E-state index in [1.165, 1.54) is 4.88 Å². The number of nitrogens with one attached hydrogen (secondary N) is 2. The maximum atomic E-state index is 5.28. The summed E-state index contributed by atoms with van der Waals surface area (Å²) >= 11 is 5.12. The molecule has 0 aliphatic heterocycles. The van der Waals surface area contributed by atoms with Crippen LogP contribution in [0, 0.1) is 0 Å². The second kappa shape index (κ2) is 6.00. The van der Waals surface area contributed by atoms with Crippen molar-refractivity contribution >= 4 is 33.2 Å². The van der Waals surface area contributed by atoms with Crippen molar-refractivity contribution in [3.8, 4) is 0 Å². The Bertz CT molecular complexity index is 310. The van der Waals surface area contributed by atoms with Gasteiger partial charge < -0.3 is 5.32 Å². The summed E-state index contributed by atoms with van der Waals surface area (Å²) in [6, 6.07) is 2.01. The summed E-state index contributed by atoms with van der Waals surface area (Å²) < 4.78 is 1.10. The number of nitrogens with two attached hydrogens (primary N) is 1. The minimum absolute atomic E-state index is 0.618. The number of hydrogen-bond acceptors (Lipinski definition) is 3. The van der Waals surface area contributed by atoms with Crippen molar-refractivity contribution in [2.24, 2.45) is 10.8 Å². The number of hydrazine groups is 1. The van der Waals surface area contributed by atoms with E-state index < -0.39 is 0 Å². The van der Waals surface area contributed by atoms with Crippen LogP contribution in [-0.4, -0.2) is 12.5 Å². The standard InChI is InChI=1S/C8H13BrN4S/c1-2-11-8(13-10)12-5-7-6(9)3-4-14-7/h3-4H,2,5,10H2,1H3,(H2,11,12,13). The highest BCUT2D eigenvalue weighted by Crippen LogP contribution is 2.23.